The molecule has 2 atom stereocenters. The monoisotopic (exact) mass is 310 g/mol. The van der Waals surface area contributed by atoms with Gasteiger partial charge < -0.3 is 5.32 Å². The average molecular weight is 310 g/mol. The first kappa shape index (κ1) is 16.4. The fourth-order valence-corrected chi connectivity index (χ4v) is 3.03. The number of halogens is 2. The molecule has 0 radical (unpaired) electrons. The highest BCUT2D eigenvalue weighted by Gasteiger charge is 2.29. The summed E-state index contributed by atoms with van der Waals surface area (Å²) in [5.74, 6) is -2.47. The van der Waals surface area contributed by atoms with Gasteiger partial charge in [-0.1, -0.05) is 26.3 Å². The number of hydrogen-bond acceptors (Lipinski definition) is 2. The van der Waals surface area contributed by atoms with Crippen LogP contribution in [0.25, 0.3) is 0 Å². The molecule has 3 amide bonds. The second kappa shape index (κ2) is 6.85. The Bertz CT molecular complexity index is 547. The molecule has 6 heteroatoms. The summed E-state index contributed by atoms with van der Waals surface area (Å²) in [6, 6.07) is 2.33. The van der Waals surface area contributed by atoms with Crippen molar-refractivity contribution >= 4 is 11.9 Å². The second-order valence-electron chi connectivity index (χ2n) is 5.94. The summed E-state index contributed by atoms with van der Waals surface area (Å²) in [6.07, 6.45) is 3.12. The van der Waals surface area contributed by atoms with Gasteiger partial charge in [-0.3, -0.25) is 10.1 Å². The molecule has 1 aromatic rings. The summed E-state index contributed by atoms with van der Waals surface area (Å²) >= 11 is 0. The maximum absolute atomic E-state index is 13.5. The smallest absolute Gasteiger partial charge is 0.321 e. The van der Waals surface area contributed by atoms with E-state index in [-0.39, 0.29) is 6.04 Å². The van der Waals surface area contributed by atoms with Crippen LogP contribution in [0.4, 0.5) is 13.6 Å². The van der Waals surface area contributed by atoms with Gasteiger partial charge in [-0.2, -0.15) is 0 Å². The Hall–Kier alpha value is -1.98. The SMILES string of the molecule is CC1CCCC(C)C1NC(=O)NC(=O)c1c(F)cccc1F. The molecule has 4 nitrogen and oxygen atoms in total. The molecule has 1 aliphatic rings. The van der Waals surface area contributed by atoms with Crippen LogP contribution in [0, 0.1) is 23.5 Å². The highest BCUT2D eigenvalue weighted by Crippen LogP contribution is 2.28. The normalized spacial score (nSPS) is 24.6. The van der Waals surface area contributed by atoms with Gasteiger partial charge in [0, 0.05) is 6.04 Å². The number of nitrogens with one attached hydrogen (secondary N) is 2. The predicted octanol–water partition coefficient (Wildman–Crippen LogP) is 3.23. The molecule has 0 heterocycles. The molecule has 1 aliphatic carbocycles. The van der Waals surface area contributed by atoms with Crippen molar-refractivity contribution in [2.75, 3.05) is 0 Å². The van der Waals surface area contributed by atoms with E-state index >= 15 is 0 Å². The Morgan fingerprint density at radius 3 is 2.18 bits per heavy atom. The Balaban J connectivity index is 2.01. The molecule has 1 aromatic carbocycles. The van der Waals surface area contributed by atoms with Gasteiger partial charge in [-0.05, 0) is 36.8 Å². The number of carbonyl (C=O) groups excluding carboxylic acids is 2. The van der Waals surface area contributed by atoms with Crippen LogP contribution >= 0.6 is 0 Å². The summed E-state index contributed by atoms with van der Waals surface area (Å²) in [5.41, 5.74) is -0.748. The van der Waals surface area contributed by atoms with Gasteiger partial charge in [0.2, 0.25) is 0 Å². The van der Waals surface area contributed by atoms with E-state index in [0.29, 0.717) is 11.8 Å². The van der Waals surface area contributed by atoms with Crippen LogP contribution in [0.1, 0.15) is 43.5 Å². The van der Waals surface area contributed by atoms with E-state index in [9.17, 15) is 18.4 Å². The van der Waals surface area contributed by atoms with Crippen molar-refractivity contribution in [3.63, 3.8) is 0 Å². The van der Waals surface area contributed by atoms with Crippen LogP contribution in [0.15, 0.2) is 18.2 Å². The van der Waals surface area contributed by atoms with Crippen molar-refractivity contribution in [3.05, 3.63) is 35.4 Å². The zero-order chi connectivity index (χ0) is 16.3. The first-order valence-corrected chi connectivity index (χ1v) is 7.46. The third kappa shape index (κ3) is 3.61. The molecule has 120 valence electrons. The highest BCUT2D eigenvalue weighted by atomic mass is 19.1. The van der Waals surface area contributed by atoms with Gasteiger partial charge in [-0.15, -0.1) is 0 Å². The zero-order valence-corrected chi connectivity index (χ0v) is 12.7. The lowest BCUT2D eigenvalue weighted by Crippen LogP contribution is -2.50. The van der Waals surface area contributed by atoms with E-state index in [1.165, 1.54) is 0 Å². The fraction of sp³-hybridized carbons (Fsp3) is 0.500. The predicted molar refractivity (Wildman–Crippen MR) is 78.3 cm³/mol. The topological polar surface area (TPSA) is 58.2 Å². The second-order valence-corrected chi connectivity index (χ2v) is 5.94. The number of rotatable bonds is 2. The van der Waals surface area contributed by atoms with E-state index in [1.54, 1.807) is 0 Å². The van der Waals surface area contributed by atoms with Gasteiger partial charge in [0.05, 0.1) is 0 Å². The van der Waals surface area contributed by atoms with Gasteiger partial charge in [0.15, 0.2) is 0 Å². The lowest BCUT2D eigenvalue weighted by molar-refractivity contribution is 0.0951. The van der Waals surface area contributed by atoms with Gasteiger partial charge in [0.1, 0.15) is 17.2 Å². The van der Waals surface area contributed by atoms with Crippen LogP contribution in [-0.2, 0) is 0 Å². The summed E-state index contributed by atoms with van der Waals surface area (Å²) < 4.78 is 27.0. The lowest BCUT2D eigenvalue weighted by atomic mass is 9.79. The largest absolute Gasteiger partial charge is 0.335 e. The quantitative estimate of drug-likeness (QED) is 0.881. The number of carbonyl (C=O) groups is 2. The van der Waals surface area contributed by atoms with Crippen molar-refractivity contribution in [2.24, 2.45) is 11.8 Å². The molecule has 0 bridgehead atoms. The fourth-order valence-electron chi connectivity index (χ4n) is 3.03. The van der Waals surface area contributed by atoms with Gasteiger partial charge in [0.25, 0.3) is 5.91 Å². The molecule has 1 saturated carbocycles. The maximum Gasteiger partial charge on any atom is 0.321 e. The molecule has 2 unspecified atom stereocenters. The number of hydrogen-bond donors (Lipinski definition) is 2. The first-order valence-electron chi connectivity index (χ1n) is 7.46. The van der Waals surface area contributed by atoms with Crippen molar-refractivity contribution in [2.45, 2.75) is 39.2 Å². The molecule has 0 aromatic heterocycles. The number of urea groups is 1. The van der Waals surface area contributed by atoms with Crippen LogP contribution in [-0.4, -0.2) is 18.0 Å². The van der Waals surface area contributed by atoms with Gasteiger partial charge >= 0.3 is 6.03 Å². The van der Waals surface area contributed by atoms with Crippen LogP contribution < -0.4 is 10.6 Å². The lowest BCUT2D eigenvalue weighted by Gasteiger charge is -2.34. The number of amides is 3. The molecule has 0 aliphatic heterocycles. The minimum atomic E-state index is -1.08. The minimum Gasteiger partial charge on any atom is -0.335 e. The van der Waals surface area contributed by atoms with Crippen molar-refractivity contribution in [1.29, 1.82) is 0 Å². The van der Waals surface area contributed by atoms with E-state index in [1.807, 2.05) is 19.2 Å². The number of imide groups is 1. The summed E-state index contributed by atoms with van der Waals surface area (Å²) in [6.45, 7) is 4.08. The molecule has 2 N–H and O–H groups in total. The highest BCUT2D eigenvalue weighted by molar-refractivity contribution is 6.04. The molecule has 22 heavy (non-hydrogen) atoms. The van der Waals surface area contributed by atoms with E-state index in [4.69, 9.17) is 0 Å². The van der Waals surface area contributed by atoms with Crippen LogP contribution in [0.5, 0.6) is 0 Å². The maximum atomic E-state index is 13.5. The van der Waals surface area contributed by atoms with E-state index in [0.717, 1.165) is 37.5 Å². The van der Waals surface area contributed by atoms with E-state index in [2.05, 4.69) is 5.32 Å². The molecular formula is C16H20F2N2O2. The molecule has 2 rings (SSSR count). The Labute approximate surface area is 128 Å². The Morgan fingerprint density at radius 1 is 1.09 bits per heavy atom. The third-order valence-corrected chi connectivity index (χ3v) is 4.26. The van der Waals surface area contributed by atoms with Gasteiger partial charge in [-0.25, -0.2) is 13.6 Å². The number of benzene rings is 1. The van der Waals surface area contributed by atoms with Crippen molar-refractivity contribution in [3.8, 4) is 0 Å². The minimum absolute atomic E-state index is 0.0491. The zero-order valence-electron chi connectivity index (χ0n) is 12.7. The molecule has 0 saturated heterocycles. The average Bonchev–Trinajstić information content (AvgIpc) is 2.43. The van der Waals surface area contributed by atoms with E-state index < -0.39 is 29.1 Å². The van der Waals surface area contributed by atoms with Crippen molar-refractivity contribution in [1.82, 2.24) is 10.6 Å². The summed E-state index contributed by atoms with van der Waals surface area (Å²) in [5, 5.41) is 4.74. The van der Waals surface area contributed by atoms with Crippen LogP contribution in [0.3, 0.4) is 0 Å². The van der Waals surface area contributed by atoms with Crippen LogP contribution in [0.2, 0.25) is 0 Å². The summed E-state index contributed by atoms with van der Waals surface area (Å²) in [7, 11) is 0. The first-order chi connectivity index (χ1) is 10.4. The Morgan fingerprint density at radius 2 is 1.64 bits per heavy atom. The van der Waals surface area contributed by atoms with Crippen molar-refractivity contribution < 1.29 is 18.4 Å². The molecule has 0 spiro atoms. The Kier molecular flexibility index (Phi) is 5.11. The third-order valence-electron chi connectivity index (χ3n) is 4.26. The molecular weight excluding hydrogens is 290 g/mol. The summed E-state index contributed by atoms with van der Waals surface area (Å²) in [4.78, 5) is 23.8. The molecule has 1 fully saturated rings. The standard InChI is InChI=1S/C16H20F2N2O2/c1-9-5-3-6-10(2)14(9)19-16(22)20-15(21)13-11(17)7-4-8-12(13)18/h4,7-10,14H,3,5-6H2,1-2H3,(H2,19,20,21,22).